The van der Waals surface area contributed by atoms with Gasteiger partial charge in [-0.1, -0.05) is 94.8 Å². The van der Waals surface area contributed by atoms with Crippen LogP contribution in [0.4, 0.5) is 0 Å². The minimum absolute atomic E-state index is 0.135. The van der Waals surface area contributed by atoms with E-state index >= 15 is 0 Å². The minimum Gasteiger partial charge on any atom is -0.458 e. The zero-order valence-corrected chi connectivity index (χ0v) is 37.4. The van der Waals surface area contributed by atoms with E-state index < -0.39 is 0 Å². The zero-order valence-electron chi connectivity index (χ0n) is 37.4. The molecular weight excluding hydrogens is 802 g/mol. The summed E-state index contributed by atoms with van der Waals surface area (Å²) in [7, 11) is 0. The first kappa shape index (κ1) is 37.3. The SMILES string of the molecule is Cc1cc(C)c(-c2cc3c4c(cc5c(-c6c(C)cc(C)cc6C)cc6c7c(cc2c4c57)B2c4ccccc4Oc4cc(C#N)cc-6c42)B2c4ccccc4Oc4cc(C#N)cc-3c42)c(C)c1. The number of ether oxygens (including phenoxy) is 2. The molecular formula is C60H38B2N2O2. The van der Waals surface area contributed by atoms with Gasteiger partial charge >= 0.3 is 0 Å². The van der Waals surface area contributed by atoms with Crippen LogP contribution < -0.4 is 42.3 Å². The third kappa shape index (κ3) is 4.68. The Hall–Kier alpha value is -8.05. The fraction of sp³-hybridized carbons (Fsp3) is 0.100. The van der Waals surface area contributed by atoms with E-state index in [1.807, 2.05) is 24.3 Å². The number of aryl methyl sites for hydroxylation is 6. The first-order chi connectivity index (χ1) is 32.1. The van der Waals surface area contributed by atoms with Crippen molar-refractivity contribution in [2.75, 3.05) is 0 Å². The number of fused-ring (bicyclic) bond motifs is 8. The summed E-state index contributed by atoms with van der Waals surface area (Å²) in [4.78, 5) is 0. The van der Waals surface area contributed by atoms with Crippen LogP contribution in [0.3, 0.4) is 0 Å². The Balaban J connectivity index is 1.28. The van der Waals surface area contributed by atoms with E-state index in [0.29, 0.717) is 11.1 Å². The second-order valence-corrected chi connectivity index (χ2v) is 19.3. The summed E-state index contributed by atoms with van der Waals surface area (Å²) in [6, 6.07) is 49.1. The van der Waals surface area contributed by atoms with Crippen LogP contribution >= 0.6 is 0 Å². The molecule has 66 heavy (non-hydrogen) atoms. The van der Waals surface area contributed by atoms with Crippen molar-refractivity contribution < 1.29 is 9.47 Å². The molecule has 4 aliphatic rings. The Kier molecular flexibility index (Phi) is 7.25. The van der Waals surface area contributed by atoms with Gasteiger partial charge in [-0.25, -0.2) is 0 Å². The van der Waals surface area contributed by atoms with Crippen molar-refractivity contribution >= 4 is 78.5 Å². The predicted octanol–water partition coefficient (Wildman–Crippen LogP) is 10.7. The lowest BCUT2D eigenvalue weighted by atomic mass is 9.31. The Labute approximate surface area is 383 Å². The molecule has 6 heteroatoms. The highest BCUT2D eigenvalue weighted by Gasteiger charge is 2.44. The van der Waals surface area contributed by atoms with Crippen LogP contribution in [0.5, 0.6) is 23.0 Å². The first-order valence-electron chi connectivity index (χ1n) is 22.8. The summed E-state index contributed by atoms with van der Waals surface area (Å²) < 4.78 is 13.6. The molecule has 0 spiro atoms. The lowest BCUT2D eigenvalue weighted by Gasteiger charge is -2.37. The van der Waals surface area contributed by atoms with Gasteiger partial charge in [0.1, 0.15) is 23.0 Å². The van der Waals surface area contributed by atoms with E-state index in [0.717, 1.165) is 67.1 Å². The molecule has 4 nitrogen and oxygen atoms in total. The number of para-hydroxylation sites is 2. The molecule has 0 N–H and O–H groups in total. The average molecular weight is 841 g/mol. The molecule has 0 aliphatic carbocycles. The number of hydrogen-bond donors (Lipinski definition) is 0. The van der Waals surface area contributed by atoms with Crippen LogP contribution in [0.25, 0.3) is 76.8 Å². The van der Waals surface area contributed by atoms with Crippen LogP contribution in [-0.4, -0.2) is 13.4 Å². The topological polar surface area (TPSA) is 66.0 Å². The highest BCUT2D eigenvalue weighted by Crippen LogP contribution is 2.52. The van der Waals surface area contributed by atoms with Crippen LogP contribution in [0, 0.1) is 64.2 Å². The second kappa shape index (κ2) is 12.8. The minimum atomic E-state index is -0.135. The second-order valence-electron chi connectivity index (χ2n) is 19.3. The molecule has 10 aromatic carbocycles. The predicted molar refractivity (Wildman–Crippen MR) is 272 cm³/mol. The third-order valence-electron chi connectivity index (χ3n) is 15.3. The molecule has 0 amide bonds. The van der Waals surface area contributed by atoms with Crippen LogP contribution in [0.2, 0.25) is 0 Å². The van der Waals surface area contributed by atoms with Crippen molar-refractivity contribution in [3.8, 4) is 79.6 Å². The summed E-state index contributed by atoms with van der Waals surface area (Å²) >= 11 is 0. The van der Waals surface area contributed by atoms with Crippen molar-refractivity contribution in [1.82, 2.24) is 0 Å². The van der Waals surface area contributed by atoms with Crippen molar-refractivity contribution in [3.05, 3.63) is 166 Å². The lowest BCUT2D eigenvalue weighted by molar-refractivity contribution is 0.487. The summed E-state index contributed by atoms with van der Waals surface area (Å²) in [5, 5.41) is 28.5. The van der Waals surface area contributed by atoms with Gasteiger partial charge in [0, 0.05) is 0 Å². The number of rotatable bonds is 2. The summed E-state index contributed by atoms with van der Waals surface area (Å²) in [6.07, 6.45) is 0. The van der Waals surface area contributed by atoms with E-state index in [9.17, 15) is 10.5 Å². The molecule has 14 rings (SSSR count). The van der Waals surface area contributed by atoms with Gasteiger partial charge in [-0.05, 0) is 211 Å². The van der Waals surface area contributed by atoms with Gasteiger partial charge < -0.3 is 9.47 Å². The van der Waals surface area contributed by atoms with Gasteiger partial charge in [-0.3, -0.25) is 0 Å². The van der Waals surface area contributed by atoms with Gasteiger partial charge in [0.25, 0.3) is 13.4 Å². The van der Waals surface area contributed by atoms with Crippen molar-refractivity contribution in [2.45, 2.75) is 41.5 Å². The molecule has 0 saturated heterocycles. The zero-order chi connectivity index (χ0) is 44.6. The maximum absolute atomic E-state index is 10.6. The number of nitriles is 2. The molecule has 0 bridgehead atoms. The molecule has 0 saturated carbocycles. The largest absolute Gasteiger partial charge is 0.458 e. The standard InChI is InChI=1S/C60H38B2N2O2/c1-29-15-31(3)53(32(4)16-29)37-23-39-43-19-35(27-63)21-51-59(43)62(46-12-8-10-14-50(46)65-51)48-26-42-38(54-33(5)17-30(2)18-34(54)6)24-40-44-20-36(28-64)22-52-60(44)61(45-11-7-9-13-49(45)66-52)47-25-41(37)57(55(39)48)58(42)56(40)47/h7-26H,1-6H3. The Morgan fingerprint density at radius 2 is 0.773 bits per heavy atom. The molecule has 0 aromatic heterocycles. The van der Waals surface area contributed by atoms with Gasteiger partial charge in [0.15, 0.2) is 0 Å². The molecule has 0 radical (unpaired) electrons. The number of nitrogens with zero attached hydrogens (tertiary/aromatic N) is 2. The highest BCUT2D eigenvalue weighted by atomic mass is 16.5. The Morgan fingerprint density at radius 3 is 1.17 bits per heavy atom. The molecule has 4 aliphatic heterocycles. The molecule has 0 unspecified atom stereocenters. The van der Waals surface area contributed by atoms with E-state index in [1.54, 1.807) is 0 Å². The summed E-state index contributed by atoms with van der Waals surface area (Å²) in [6.45, 7) is 13.1. The Bertz CT molecular complexity index is 3750. The van der Waals surface area contributed by atoms with Crippen LogP contribution in [-0.2, 0) is 0 Å². The van der Waals surface area contributed by atoms with E-state index in [1.165, 1.54) is 98.9 Å². The number of benzene rings is 10. The maximum Gasteiger partial charge on any atom is 0.252 e. The first-order valence-corrected chi connectivity index (χ1v) is 22.8. The molecule has 4 heterocycles. The van der Waals surface area contributed by atoms with E-state index in [-0.39, 0.29) is 13.4 Å². The van der Waals surface area contributed by atoms with E-state index in [2.05, 4.69) is 151 Å². The van der Waals surface area contributed by atoms with Crippen molar-refractivity contribution in [1.29, 1.82) is 10.5 Å². The lowest BCUT2D eigenvalue weighted by Crippen LogP contribution is -2.58. The molecule has 306 valence electrons. The Morgan fingerprint density at radius 1 is 0.379 bits per heavy atom. The maximum atomic E-state index is 10.6. The van der Waals surface area contributed by atoms with Crippen LogP contribution in [0.15, 0.2) is 121 Å². The van der Waals surface area contributed by atoms with Gasteiger partial charge in [0.05, 0.1) is 23.3 Å². The van der Waals surface area contributed by atoms with Gasteiger partial charge in [0.2, 0.25) is 0 Å². The molecule has 0 fully saturated rings. The average Bonchev–Trinajstić information content (AvgIpc) is 3.30. The quantitative estimate of drug-likeness (QED) is 0.128. The van der Waals surface area contributed by atoms with Crippen molar-refractivity contribution in [2.24, 2.45) is 0 Å². The van der Waals surface area contributed by atoms with Crippen LogP contribution in [0.1, 0.15) is 44.5 Å². The molecule has 10 aromatic rings. The fourth-order valence-corrected chi connectivity index (χ4v) is 13.2. The fourth-order valence-electron chi connectivity index (χ4n) is 13.2. The monoisotopic (exact) mass is 840 g/mol. The third-order valence-corrected chi connectivity index (χ3v) is 15.3. The van der Waals surface area contributed by atoms with Crippen molar-refractivity contribution in [3.63, 3.8) is 0 Å². The van der Waals surface area contributed by atoms with Gasteiger partial charge in [-0.15, -0.1) is 0 Å². The van der Waals surface area contributed by atoms with E-state index in [4.69, 9.17) is 9.47 Å². The molecule has 0 atom stereocenters. The summed E-state index contributed by atoms with van der Waals surface area (Å²) in [5.41, 5.74) is 24.6. The number of hydrogen-bond acceptors (Lipinski definition) is 4. The van der Waals surface area contributed by atoms with Gasteiger partial charge in [-0.2, -0.15) is 10.5 Å². The summed E-state index contributed by atoms with van der Waals surface area (Å²) in [5.74, 6) is 3.12. The highest BCUT2D eigenvalue weighted by molar-refractivity contribution is 7.01. The smallest absolute Gasteiger partial charge is 0.252 e. The normalized spacial score (nSPS) is 13.2.